The lowest BCUT2D eigenvalue weighted by atomic mass is 9.93. The lowest BCUT2D eigenvalue weighted by molar-refractivity contribution is -0.143. The van der Waals surface area contributed by atoms with Gasteiger partial charge in [-0.3, -0.25) is 9.59 Å². The van der Waals surface area contributed by atoms with E-state index >= 15 is 0 Å². The Morgan fingerprint density at radius 3 is 2.89 bits per heavy atom. The normalized spacial score (nSPS) is 15.1. The van der Waals surface area contributed by atoms with Crippen molar-refractivity contribution in [1.82, 2.24) is 0 Å². The van der Waals surface area contributed by atoms with E-state index in [9.17, 15) is 9.59 Å². The molecule has 4 nitrogen and oxygen atoms in total. The topological polar surface area (TPSA) is 52.6 Å². The van der Waals surface area contributed by atoms with Crippen LogP contribution in [0.3, 0.4) is 0 Å². The van der Waals surface area contributed by atoms with E-state index in [0.717, 1.165) is 30.8 Å². The molecule has 0 saturated heterocycles. The number of aryl methyl sites for hydroxylation is 1. The summed E-state index contributed by atoms with van der Waals surface area (Å²) in [6, 6.07) is 5.37. The third-order valence-corrected chi connectivity index (χ3v) is 3.40. The summed E-state index contributed by atoms with van der Waals surface area (Å²) < 4.78 is 10.2. The van der Waals surface area contributed by atoms with E-state index in [1.54, 1.807) is 13.0 Å². The number of ether oxygens (including phenoxy) is 2. The number of Topliss-reactive ketones (excluding diaryl/α,β-unsaturated/α-hetero) is 1. The van der Waals surface area contributed by atoms with E-state index in [0.29, 0.717) is 12.0 Å². The zero-order valence-electron chi connectivity index (χ0n) is 11.3. The van der Waals surface area contributed by atoms with Gasteiger partial charge in [-0.2, -0.15) is 0 Å². The van der Waals surface area contributed by atoms with Crippen LogP contribution in [-0.4, -0.2) is 25.5 Å². The van der Waals surface area contributed by atoms with Gasteiger partial charge in [-0.1, -0.05) is 6.92 Å². The number of methoxy groups -OCH3 is 1. The van der Waals surface area contributed by atoms with Crippen molar-refractivity contribution in [3.05, 3.63) is 29.3 Å². The fourth-order valence-electron chi connectivity index (χ4n) is 2.32. The molecule has 1 aromatic carbocycles. The van der Waals surface area contributed by atoms with Gasteiger partial charge >= 0.3 is 5.97 Å². The largest absolute Gasteiger partial charge is 0.493 e. The second-order valence-electron chi connectivity index (χ2n) is 4.62. The van der Waals surface area contributed by atoms with Gasteiger partial charge in [0.2, 0.25) is 0 Å². The average Bonchev–Trinajstić information content (AvgIpc) is 2.47. The minimum Gasteiger partial charge on any atom is -0.493 e. The highest BCUT2D eigenvalue weighted by molar-refractivity contribution is 6.08. The van der Waals surface area contributed by atoms with Crippen molar-refractivity contribution >= 4 is 11.8 Å². The maximum absolute atomic E-state index is 12.3. The van der Waals surface area contributed by atoms with Crippen molar-refractivity contribution in [2.75, 3.05) is 13.7 Å². The highest BCUT2D eigenvalue weighted by atomic mass is 16.5. The molecule has 0 aromatic heterocycles. The number of esters is 1. The lowest BCUT2D eigenvalue weighted by Crippen LogP contribution is -2.25. The van der Waals surface area contributed by atoms with Gasteiger partial charge in [-0.25, -0.2) is 0 Å². The van der Waals surface area contributed by atoms with Crippen molar-refractivity contribution in [3.8, 4) is 5.75 Å². The first-order valence-corrected chi connectivity index (χ1v) is 6.55. The Morgan fingerprint density at radius 1 is 1.42 bits per heavy atom. The molecule has 1 aliphatic rings. The molecule has 0 fully saturated rings. The van der Waals surface area contributed by atoms with Crippen LogP contribution in [0, 0.1) is 5.92 Å². The van der Waals surface area contributed by atoms with Crippen molar-refractivity contribution < 1.29 is 19.1 Å². The Kier molecular flexibility index (Phi) is 4.20. The van der Waals surface area contributed by atoms with Crippen LogP contribution in [0.4, 0.5) is 0 Å². The average molecular weight is 262 g/mol. The molecular weight excluding hydrogens is 244 g/mol. The van der Waals surface area contributed by atoms with E-state index in [2.05, 4.69) is 4.74 Å². The van der Waals surface area contributed by atoms with Crippen molar-refractivity contribution in [2.24, 2.45) is 5.92 Å². The highest BCUT2D eigenvalue weighted by Gasteiger charge is 2.27. The predicted molar refractivity (Wildman–Crippen MR) is 70.4 cm³/mol. The summed E-state index contributed by atoms with van der Waals surface area (Å²) in [5.74, 6) is -0.523. The Labute approximate surface area is 112 Å². The van der Waals surface area contributed by atoms with Gasteiger partial charge in [-0.05, 0) is 43.0 Å². The van der Waals surface area contributed by atoms with Crippen LogP contribution in [0.1, 0.15) is 35.7 Å². The smallest absolute Gasteiger partial charge is 0.316 e. The van der Waals surface area contributed by atoms with Crippen LogP contribution in [0.15, 0.2) is 18.2 Å². The van der Waals surface area contributed by atoms with Crippen LogP contribution in [-0.2, 0) is 16.0 Å². The first-order valence-electron chi connectivity index (χ1n) is 6.55. The van der Waals surface area contributed by atoms with E-state index in [1.165, 1.54) is 7.11 Å². The van der Waals surface area contributed by atoms with Crippen molar-refractivity contribution in [1.29, 1.82) is 0 Å². The maximum atomic E-state index is 12.3. The van der Waals surface area contributed by atoms with Gasteiger partial charge in [0.05, 0.1) is 13.7 Å². The van der Waals surface area contributed by atoms with E-state index < -0.39 is 11.9 Å². The molecule has 1 aromatic rings. The molecule has 0 spiro atoms. The molecule has 0 bridgehead atoms. The Bertz CT molecular complexity index is 493. The first kappa shape index (κ1) is 13.6. The maximum Gasteiger partial charge on any atom is 0.316 e. The molecule has 0 amide bonds. The minimum atomic E-state index is -0.715. The number of carbonyl (C=O) groups excluding carboxylic acids is 2. The van der Waals surface area contributed by atoms with Crippen LogP contribution >= 0.6 is 0 Å². The molecule has 0 N–H and O–H groups in total. The summed E-state index contributed by atoms with van der Waals surface area (Å²) in [4.78, 5) is 23.9. The Hall–Kier alpha value is -1.84. The van der Waals surface area contributed by atoms with Crippen molar-refractivity contribution in [2.45, 2.75) is 26.2 Å². The van der Waals surface area contributed by atoms with Crippen molar-refractivity contribution in [3.63, 3.8) is 0 Å². The molecule has 1 unspecified atom stereocenters. The summed E-state index contributed by atoms with van der Waals surface area (Å²) in [7, 11) is 1.30. The number of ketones is 1. The summed E-state index contributed by atoms with van der Waals surface area (Å²) in [6.07, 6.45) is 2.31. The zero-order chi connectivity index (χ0) is 13.8. The third kappa shape index (κ3) is 2.78. The molecule has 1 aliphatic heterocycles. The number of fused-ring (bicyclic) bond motifs is 1. The van der Waals surface area contributed by atoms with E-state index in [4.69, 9.17) is 4.74 Å². The predicted octanol–water partition coefficient (Wildman–Crippen LogP) is 2.39. The van der Waals surface area contributed by atoms with E-state index in [-0.39, 0.29) is 5.78 Å². The number of benzene rings is 1. The number of hydrogen-bond acceptors (Lipinski definition) is 4. The molecule has 0 radical (unpaired) electrons. The third-order valence-electron chi connectivity index (χ3n) is 3.40. The fourth-order valence-corrected chi connectivity index (χ4v) is 2.32. The van der Waals surface area contributed by atoms with Gasteiger partial charge < -0.3 is 9.47 Å². The van der Waals surface area contributed by atoms with Crippen LogP contribution in [0.2, 0.25) is 0 Å². The highest BCUT2D eigenvalue weighted by Crippen LogP contribution is 2.27. The molecule has 102 valence electrons. The summed E-state index contributed by atoms with van der Waals surface area (Å²) in [6.45, 7) is 2.53. The number of rotatable bonds is 4. The molecule has 0 saturated carbocycles. The van der Waals surface area contributed by atoms with Gasteiger partial charge in [0.25, 0.3) is 0 Å². The molecule has 4 heteroatoms. The quantitative estimate of drug-likeness (QED) is 0.475. The van der Waals surface area contributed by atoms with Gasteiger partial charge in [0.15, 0.2) is 5.78 Å². The Balaban J connectivity index is 2.25. The number of carbonyl (C=O) groups is 2. The van der Waals surface area contributed by atoms with Crippen LogP contribution in [0.25, 0.3) is 0 Å². The van der Waals surface area contributed by atoms with Crippen LogP contribution in [0.5, 0.6) is 5.75 Å². The SMILES string of the molecule is CCC(C(=O)OC)C(=O)c1ccc2c(c1)CCCO2. The zero-order valence-corrected chi connectivity index (χ0v) is 11.3. The molecule has 19 heavy (non-hydrogen) atoms. The van der Waals surface area contributed by atoms with Gasteiger partial charge in [0, 0.05) is 5.56 Å². The molecule has 0 aliphatic carbocycles. The van der Waals surface area contributed by atoms with Crippen LogP contribution < -0.4 is 4.74 Å². The molecular formula is C15H18O4. The summed E-state index contributed by atoms with van der Waals surface area (Å²) in [5.41, 5.74) is 1.60. The standard InChI is InChI=1S/C15H18O4/c1-3-12(15(17)18-2)14(16)11-6-7-13-10(9-11)5-4-8-19-13/h6-7,9,12H,3-5,8H2,1-2H3. The summed E-state index contributed by atoms with van der Waals surface area (Å²) >= 11 is 0. The second kappa shape index (κ2) is 5.87. The molecule has 2 rings (SSSR count). The van der Waals surface area contributed by atoms with Gasteiger partial charge in [-0.15, -0.1) is 0 Å². The van der Waals surface area contributed by atoms with E-state index in [1.807, 2.05) is 12.1 Å². The summed E-state index contributed by atoms with van der Waals surface area (Å²) in [5, 5.41) is 0. The number of hydrogen-bond donors (Lipinski definition) is 0. The van der Waals surface area contributed by atoms with Gasteiger partial charge in [0.1, 0.15) is 11.7 Å². The molecule has 1 atom stereocenters. The second-order valence-corrected chi connectivity index (χ2v) is 4.62. The monoisotopic (exact) mass is 262 g/mol. The lowest BCUT2D eigenvalue weighted by Gasteiger charge is -2.18. The molecule has 1 heterocycles. The Morgan fingerprint density at radius 2 is 2.21 bits per heavy atom. The fraction of sp³-hybridized carbons (Fsp3) is 0.467. The minimum absolute atomic E-state index is 0.178. The first-order chi connectivity index (χ1) is 9.17.